The van der Waals surface area contributed by atoms with E-state index in [1.807, 2.05) is 6.92 Å². The zero-order valence-corrected chi connectivity index (χ0v) is 9.19. The smallest absolute Gasteiger partial charge is 0.197 e. The van der Waals surface area contributed by atoms with Gasteiger partial charge in [0.1, 0.15) is 5.75 Å². The molecular formula is C11H16O4. The maximum Gasteiger partial charge on any atom is 0.197 e. The van der Waals surface area contributed by atoms with Gasteiger partial charge in [0.15, 0.2) is 17.8 Å². The summed E-state index contributed by atoms with van der Waals surface area (Å²) in [6, 6.07) is 4.85. The summed E-state index contributed by atoms with van der Waals surface area (Å²) >= 11 is 0. The molecule has 0 amide bonds. The van der Waals surface area contributed by atoms with Crippen molar-refractivity contribution in [3.8, 4) is 17.2 Å². The molecule has 0 radical (unpaired) electrons. The van der Waals surface area contributed by atoms with E-state index >= 15 is 0 Å². The Balaban J connectivity index is 2.69. The molecule has 1 aromatic carbocycles. The van der Waals surface area contributed by atoms with Crippen LogP contribution in [0.5, 0.6) is 17.2 Å². The van der Waals surface area contributed by atoms with Crippen molar-refractivity contribution < 1.29 is 19.3 Å². The molecule has 1 aromatic rings. The van der Waals surface area contributed by atoms with Crippen LogP contribution >= 0.6 is 0 Å². The van der Waals surface area contributed by atoms with Gasteiger partial charge in [-0.3, -0.25) is 0 Å². The van der Waals surface area contributed by atoms with Crippen LogP contribution in [0.15, 0.2) is 18.2 Å². The number of hydrogen-bond donors (Lipinski definition) is 1. The van der Waals surface area contributed by atoms with Crippen molar-refractivity contribution in [1.29, 1.82) is 0 Å². The normalized spacial score (nSPS) is 12.2. The van der Waals surface area contributed by atoms with Gasteiger partial charge in [0, 0.05) is 12.7 Å². The largest absolute Gasteiger partial charge is 0.504 e. The van der Waals surface area contributed by atoms with E-state index in [0.717, 1.165) is 0 Å². The van der Waals surface area contributed by atoms with E-state index in [9.17, 15) is 5.11 Å². The zero-order chi connectivity index (χ0) is 11.3. The lowest BCUT2D eigenvalue weighted by atomic mass is 10.3. The molecular weight excluding hydrogens is 196 g/mol. The molecule has 1 unspecified atom stereocenters. The third kappa shape index (κ3) is 3.32. The molecule has 4 heteroatoms. The molecule has 0 spiro atoms. The highest BCUT2D eigenvalue weighted by atomic mass is 16.7. The molecule has 15 heavy (non-hydrogen) atoms. The van der Waals surface area contributed by atoms with Gasteiger partial charge in [-0.05, 0) is 26.0 Å². The maximum absolute atomic E-state index is 9.58. The molecule has 0 heterocycles. The number of phenols is 1. The average molecular weight is 212 g/mol. The number of hydrogen-bond acceptors (Lipinski definition) is 4. The van der Waals surface area contributed by atoms with Crippen LogP contribution in [0.1, 0.15) is 13.8 Å². The summed E-state index contributed by atoms with van der Waals surface area (Å²) in [5.74, 6) is 1.02. The minimum absolute atomic E-state index is 0.0425. The number of aromatic hydroxyl groups is 1. The third-order valence-corrected chi connectivity index (χ3v) is 1.86. The molecule has 0 saturated heterocycles. The Morgan fingerprint density at radius 3 is 2.67 bits per heavy atom. The van der Waals surface area contributed by atoms with E-state index < -0.39 is 0 Å². The second-order valence-corrected chi connectivity index (χ2v) is 2.97. The summed E-state index contributed by atoms with van der Waals surface area (Å²) in [6.45, 7) is 4.22. The summed E-state index contributed by atoms with van der Waals surface area (Å²) in [6.07, 6.45) is -0.380. The summed E-state index contributed by atoms with van der Waals surface area (Å²) in [5, 5.41) is 9.58. The Hall–Kier alpha value is -1.42. The summed E-state index contributed by atoms with van der Waals surface area (Å²) in [4.78, 5) is 0. The lowest BCUT2D eigenvalue weighted by Crippen LogP contribution is -2.15. The Morgan fingerprint density at radius 1 is 1.40 bits per heavy atom. The van der Waals surface area contributed by atoms with Crippen LogP contribution < -0.4 is 9.47 Å². The van der Waals surface area contributed by atoms with Crippen molar-refractivity contribution in [2.24, 2.45) is 0 Å². The van der Waals surface area contributed by atoms with Gasteiger partial charge in [-0.25, -0.2) is 0 Å². The number of methoxy groups -OCH3 is 1. The minimum atomic E-state index is -0.380. The quantitative estimate of drug-likeness (QED) is 0.760. The fourth-order valence-corrected chi connectivity index (χ4v) is 1.17. The fraction of sp³-hybridized carbons (Fsp3) is 0.455. The summed E-state index contributed by atoms with van der Waals surface area (Å²) < 4.78 is 15.5. The van der Waals surface area contributed by atoms with Crippen LogP contribution in [0.4, 0.5) is 0 Å². The second kappa shape index (κ2) is 5.46. The molecule has 1 N–H and O–H groups in total. The van der Waals surface area contributed by atoms with Crippen LogP contribution in [-0.2, 0) is 4.74 Å². The fourth-order valence-electron chi connectivity index (χ4n) is 1.17. The number of benzene rings is 1. The van der Waals surface area contributed by atoms with Crippen molar-refractivity contribution >= 4 is 0 Å². The van der Waals surface area contributed by atoms with Crippen LogP contribution in [0, 0.1) is 0 Å². The van der Waals surface area contributed by atoms with Gasteiger partial charge in [0.25, 0.3) is 0 Å². The van der Waals surface area contributed by atoms with Crippen molar-refractivity contribution in [2.75, 3.05) is 13.7 Å². The highest BCUT2D eigenvalue weighted by molar-refractivity contribution is 5.44. The van der Waals surface area contributed by atoms with Crippen LogP contribution in [0.3, 0.4) is 0 Å². The van der Waals surface area contributed by atoms with E-state index in [2.05, 4.69) is 0 Å². The second-order valence-electron chi connectivity index (χ2n) is 2.97. The predicted molar refractivity (Wildman–Crippen MR) is 56.4 cm³/mol. The average Bonchev–Trinajstić information content (AvgIpc) is 2.21. The molecule has 84 valence electrons. The lowest BCUT2D eigenvalue weighted by molar-refractivity contribution is -0.0624. The van der Waals surface area contributed by atoms with Gasteiger partial charge < -0.3 is 19.3 Å². The number of rotatable bonds is 5. The molecule has 0 saturated carbocycles. The van der Waals surface area contributed by atoms with E-state index in [1.54, 1.807) is 19.1 Å². The highest BCUT2D eigenvalue weighted by Gasteiger charge is 2.08. The van der Waals surface area contributed by atoms with Crippen molar-refractivity contribution in [3.05, 3.63) is 18.2 Å². The van der Waals surface area contributed by atoms with Gasteiger partial charge >= 0.3 is 0 Å². The maximum atomic E-state index is 9.58. The SMILES string of the molecule is CCOC(C)Oc1ccc(OC)cc1O. The Kier molecular flexibility index (Phi) is 4.24. The van der Waals surface area contributed by atoms with E-state index in [4.69, 9.17) is 14.2 Å². The predicted octanol–water partition coefficient (Wildman–Crippen LogP) is 2.16. The van der Waals surface area contributed by atoms with E-state index in [1.165, 1.54) is 13.2 Å². The monoisotopic (exact) mass is 212 g/mol. The molecule has 1 atom stereocenters. The molecule has 1 rings (SSSR count). The molecule has 0 aliphatic heterocycles. The Morgan fingerprint density at radius 2 is 2.13 bits per heavy atom. The van der Waals surface area contributed by atoms with Crippen molar-refractivity contribution in [3.63, 3.8) is 0 Å². The van der Waals surface area contributed by atoms with Gasteiger partial charge in [-0.1, -0.05) is 0 Å². The molecule has 0 aromatic heterocycles. The van der Waals surface area contributed by atoms with Crippen LogP contribution in [-0.4, -0.2) is 25.1 Å². The lowest BCUT2D eigenvalue weighted by Gasteiger charge is -2.15. The summed E-state index contributed by atoms with van der Waals surface area (Å²) in [5.41, 5.74) is 0. The zero-order valence-electron chi connectivity index (χ0n) is 9.19. The number of ether oxygens (including phenoxy) is 3. The van der Waals surface area contributed by atoms with Crippen LogP contribution in [0.25, 0.3) is 0 Å². The first kappa shape index (κ1) is 11.7. The molecule has 0 aliphatic rings. The first-order valence-electron chi connectivity index (χ1n) is 4.82. The first-order chi connectivity index (χ1) is 7.17. The standard InChI is InChI=1S/C11H16O4/c1-4-14-8(2)15-11-6-5-9(13-3)7-10(11)12/h5-8,12H,4H2,1-3H3. The van der Waals surface area contributed by atoms with Crippen LogP contribution in [0.2, 0.25) is 0 Å². The van der Waals surface area contributed by atoms with E-state index in [0.29, 0.717) is 18.1 Å². The third-order valence-electron chi connectivity index (χ3n) is 1.86. The first-order valence-corrected chi connectivity index (χ1v) is 4.82. The Bertz CT molecular complexity index is 311. The van der Waals surface area contributed by atoms with Gasteiger partial charge in [-0.15, -0.1) is 0 Å². The highest BCUT2D eigenvalue weighted by Crippen LogP contribution is 2.30. The van der Waals surface area contributed by atoms with Gasteiger partial charge in [-0.2, -0.15) is 0 Å². The topological polar surface area (TPSA) is 47.9 Å². The van der Waals surface area contributed by atoms with E-state index in [-0.39, 0.29) is 12.0 Å². The molecule has 0 bridgehead atoms. The van der Waals surface area contributed by atoms with Crippen molar-refractivity contribution in [2.45, 2.75) is 20.1 Å². The van der Waals surface area contributed by atoms with Gasteiger partial charge in [0.05, 0.1) is 7.11 Å². The molecule has 0 aliphatic carbocycles. The molecule has 0 fully saturated rings. The van der Waals surface area contributed by atoms with Gasteiger partial charge in [0.2, 0.25) is 0 Å². The Labute approximate surface area is 89.4 Å². The van der Waals surface area contributed by atoms with Crippen molar-refractivity contribution in [1.82, 2.24) is 0 Å². The minimum Gasteiger partial charge on any atom is -0.504 e. The molecule has 4 nitrogen and oxygen atoms in total. The number of phenolic OH excluding ortho intramolecular Hbond substituents is 1. The summed E-state index contributed by atoms with van der Waals surface area (Å²) in [7, 11) is 1.54.